The lowest BCUT2D eigenvalue weighted by Crippen LogP contribution is -2.31. The molecule has 0 bridgehead atoms. The van der Waals surface area contributed by atoms with Crippen LogP contribution in [-0.2, 0) is 47.7 Å². The molecule has 8 nitrogen and oxygen atoms in total. The predicted molar refractivity (Wildman–Crippen MR) is 106 cm³/mol. The van der Waals surface area contributed by atoms with E-state index < -0.39 is 16.0 Å². The van der Waals surface area contributed by atoms with Gasteiger partial charge >= 0.3 is 5.97 Å². The van der Waals surface area contributed by atoms with Gasteiger partial charge in [0.2, 0.25) is 10.0 Å². The lowest BCUT2D eigenvalue weighted by Gasteiger charge is -2.21. The van der Waals surface area contributed by atoms with Crippen LogP contribution in [0.1, 0.15) is 38.8 Å². The standard InChI is InChI=1S/C19H21N3O5S2/c1-21-16-7-3-6-14(16)15(20-21)12-22(11-13-5-4-9-27-13)29(24,25)17-8-10-28-18(17)19(23)26-2/h4-5,8-10H,3,6-7,11-12H2,1-2H3. The fraction of sp³-hybridized carbons (Fsp3) is 0.368. The number of hydrogen-bond donors (Lipinski definition) is 0. The highest BCUT2D eigenvalue weighted by Gasteiger charge is 2.33. The molecule has 0 radical (unpaired) electrons. The Kier molecular flexibility index (Phi) is 5.32. The molecular weight excluding hydrogens is 414 g/mol. The number of hydrogen-bond acceptors (Lipinski definition) is 7. The van der Waals surface area contributed by atoms with Crippen LogP contribution < -0.4 is 0 Å². The van der Waals surface area contributed by atoms with Crippen molar-refractivity contribution in [3.63, 3.8) is 0 Å². The molecule has 3 heterocycles. The first-order valence-corrected chi connectivity index (χ1v) is 11.5. The number of thiophene rings is 1. The highest BCUT2D eigenvalue weighted by atomic mass is 32.2. The number of aryl methyl sites for hydroxylation is 1. The third kappa shape index (κ3) is 3.63. The van der Waals surface area contributed by atoms with Gasteiger partial charge in [0, 0.05) is 12.7 Å². The van der Waals surface area contributed by atoms with Crippen LogP contribution in [0.15, 0.2) is 39.2 Å². The van der Waals surface area contributed by atoms with Crippen LogP contribution in [0.3, 0.4) is 0 Å². The van der Waals surface area contributed by atoms with Crippen molar-refractivity contribution in [2.45, 2.75) is 37.2 Å². The van der Waals surface area contributed by atoms with E-state index in [0.717, 1.165) is 47.6 Å². The third-order valence-electron chi connectivity index (χ3n) is 5.05. The molecule has 1 aliphatic carbocycles. The number of fused-ring (bicyclic) bond motifs is 1. The number of nitrogens with zero attached hydrogens (tertiary/aromatic N) is 3. The van der Waals surface area contributed by atoms with Gasteiger partial charge in [0.05, 0.1) is 32.2 Å². The number of ether oxygens (including phenoxy) is 1. The van der Waals surface area contributed by atoms with E-state index in [2.05, 4.69) is 5.10 Å². The van der Waals surface area contributed by atoms with Crippen LogP contribution in [0.4, 0.5) is 0 Å². The minimum Gasteiger partial charge on any atom is -0.468 e. The molecule has 0 aromatic carbocycles. The van der Waals surface area contributed by atoms with Crippen LogP contribution in [0, 0.1) is 0 Å². The monoisotopic (exact) mass is 435 g/mol. The Morgan fingerprint density at radius 1 is 1.34 bits per heavy atom. The second-order valence-electron chi connectivity index (χ2n) is 6.81. The molecule has 3 aromatic rings. The molecule has 1 aliphatic rings. The van der Waals surface area contributed by atoms with Crippen molar-refractivity contribution in [2.24, 2.45) is 7.05 Å². The fourth-order valence-corrected chi connectivity index (χ4v) is 6.35. The Bertz CT molecular complexity index is 1130. The van der Waals surface area contributed by atoms with E-state index in [4.69, 9.17) is 9.15 Å². The smallest absolute Gasteiger partial charge is 0.349 e. The van der Waals surface area contributed by atoms with Crippen LogP contribution in [0.25, 0.3) is 0 Å². The molecule has 0 spiro atoms. The summed E-state index contributed by atoms with van der Waals surface area (Å²) >= 11 is 1.04. The second-order valence-corrected chi connectivity index (χ2v) is 9.63. The molecule has 0 amide bonds. The minimum atomic E-state index is -3.99. The largest absolute Gasteiger partial charge is 0.468 e. The average Bonchev–Trinajstić information content (AvgIpc) is 3.48. The molecule has 0 aliphatic heterocycles. The molecule has 0 N–H and O–H groups in total. The van der Waals surface area contributed by atoms with Crippen molar-refractivity contribution < 1.29 is 22.4 Å². The van der Waals surface area contributed by atoms with Crippen LogP contribution in [0.2, 0.25) is 0 Å². The number of methoxy groups -OCH3 is 1. The van der Waals surface area contributed by atoms with E-state index in [0.29, 0.717) is 5.76 Å². The maximum absolute atomic E-state index is 13.5. The number of esters is 1. The highest BCUT2D eigenvalue weighted by Crippen LogP contribution is 2.31. The summed E-state index contributed by atoms with van der Waals surface area (Å²) < 4.78 is 40.3. The molecule has 3 aromatic heterocycles. The first-order valence-electron chi connectivity index (χ1n) is 9.13. The number of aromatic nitrogens is 2. The molecule has 29 heavy (non-hydrogen) atoms. The van der Waals surface area contributed by atoms with Crippen LogP contribution >= 0.6 is 11.3 Å². The zero-order valence-corrected chi connectivity index (χ0v) is 17.8. The van der Waals surface area contributed by atoms with Crippen LogP contribution in [0.5, 0.6) is 0 Å². The molecule has 0 saturated carbocycles. The van der Waals surface area contributed by atoms with Gasteiger partial charge < -0.3 is 9.15 Å². The van der Waals surface area contributed by atoms with Crippen molar-refractivity contribution in [3.05, 3.63) is 57.4 Å². The SMILES string of the molecule is COC(=O)c1sccc1S(=O)(=O)N(Cc1ccco1)Cc1nn(C)c2c1CCC2. The summed E-state index contributed by atoms with van der Waals surface area (Å²) in [5, 5.41) is 6.13. The topological polar surface area (TPSA) is 94.6 Å². The van der Waals surface area contributed by atoms with Gasteiger partial charge in [0.1, 0.15) is 15.5 Å². The molecule has 4 rings (SSSR count). The van der Waals surface area contributed by atoms with Gasteiger partial charge in [-0.1, -0.05) is 0 Å². The number of rotatable bonds is 7. The normalized spacial score (nSPS) is 13.8. The number of carbonyl (C=O) groups is 1. The maximum atomic E-state index is 13.5. The zero-order valence-electron chi connectivity index (χ0n) is 16.1. The molecule has 0 atom stereocenters. The van der Waals surface area contributed by atoms with E-state index in [-0.39, 0.29) is 22.9 Å². The number of carbonyl (C=O) groups excluding carboxylic acids is 1. The lowest BCUT2D eigenvalue weighted by atomic mass is 10.2. The molecule has 0 fully saturated rings. The van der Waals surface area contributed by atoms with Crippen molar-refractivity contribution in [1.29, 1.82) is 0 Å². The first kappa shape index (κ1) is 19.9. The Morgan fingerprint density at radius 3 is 2.90 bits per heavy atom. The summed E-state index contributed by atoms with van der Waals surface area (Å²) in [6.07, 6.45) is 4.37. The third-order valence-corrected chi connectivity index (χ3v) is 7.91. The first-order chi connectivity index (χ1) is 13.9. The highest BCUT2D eigenvalue weighted by molar-refractivity contribution is 7.89. The summed E-state index contributed by atoms with van der Waals surface area (Å²) in [4.78, 5) is 12.1. The molecular formula is C19H21N3O5S2. The van der Waals surface area contributed by atoms with E-state index in [1.165, 1.54) is 23.7 Å². The van der Waals surface area contributed by atoms with Crippen molar-refractivity contribution in [1.82, 2.24) is 14.1 Å². The molecule has 0 saturated heterocycles. The van der Waals surface area contributed by atoms with Gasteiger partial charge in [-0.3, -0.25) is 4.68 Å². The quantitative estimate of drug-likeness (QED) is 0.530. The molecule has 10 heteroatoms. The average molecular weight is 436 g/mol. The fourth-order valence-electron chi connectivity index (χ4n) is 3.68. The van der Waals surface area contributed by atoms with Gasteiger partial charge in [0.25, 0.3) is 0 Å². The number of furan rings is 1. The summed E-state index contributed by atoms with van der Waals surface area (Å²) in [5.74, 6) is -0.161. The summed E-state index contributed by atoms with van der Waals surface area (Å²) in [7, 11) is -0.878. The molecule has 154 valence electrons. The summed E-state index contributed by atoms with van der Waals surface area (Å²) in [5.41, 5.74) is 3.01. The zero-order chi connectivity index (χ0) is 20.6. The summed E-state index contributed by atoms with van der Waals surface area (Å²) in [6, 6.07) is 4.87. The van der Waals surface area contributed by atoms with Gasteiger partial charge in [0.15, 0.2) is 0 Å². The Morgan fingerprint density at radius 2 is 2.17 bits per heavy atom. The number of sulfonamides is 1. The van der Waals surface area contributed by atoms with Gasteiger partial charge in [-0.25, -0.2) is 13.2 Å². The summed E-state index contributed by atoms with van der Waals surface area (Å²) in [6.45, 7) is 0.139. The Hall–Kier alpha value is -2.43. The lowest BCUT2D eigenvalue weighted by molar-refractivity contribution is 0.0602. The maximum Gasteiger partial charge on any atom is 0.349 e. The van der Waals surface area contributed by atoms with Crippen molar-refractivity contribution in [2.75, 3.05) is 7.11 Å². The van der Waals surface area contributed by atoms with E-state index in [1.54, 1.807) is 17.5 Å². The Labute approximate surface area is 172 Å². The van der Waals surface area contributed by atoms with Gasteiger partial charge in [-0.15, -0.1) is 11.3 Å². The van der Waals surface area contributed by atoms with E-state index in [9.17, 15) is 13.2 Å². The van der Waals surface area contributed by atoms with Gasteiger partial charge in [-0.2, -0.15) is 9.40 Å². The molecule has 0 unspecified atom stereocenters. The minimum absolute atomic E-state index is 0.0388. The van der Waals surface area contributed by atoms with Crippen molar-refractivity contribution in [3.8, 4) is 0 Å². The predicted octanol–water partition coefficient (Wildman–Crippen LogP) is 2.74. The van der Waals surface area contributed by atoms with Gasteiger partial charge in [-0.05, 0) is 48.4 Å². The van der Waals surface area contributed by atoms with E-state index in [1.807, 2.05) is 11.7 Å². The van der Waals surface area contributed by atoms with Crippen LogP contribution in [-0.4, -0.2) is 35.6 Å². The van der Waals surface area contributed by atoms with E-state index >= 15 is 0 Å². The second kappa shape index (κ2) is 7.77. The van der Waals surface area contributed by atoms with Crippen molar-refractivity contribution >= 4 is 27.3 Å². The Balaban J connectivity index is 1.74.